The molecule has 1 aliphatic heterocycles. The Kier molecular flexibility index (Phi) is 6.97. The molecule has 1 aliphatic rings. The number of fused-ring (bicyclic) bond motifs is 3. The molecule has 1 aromatic carbocycles. The standard InChI is InChI=1S/C18H24N2O4.C2HF3O2/c1-11-15-12-6-7-19-13(12)10-14(22-5)16(15)23-9-8-20(11)17(21)24-18(2,3)4;3-2(4,5)1(6)7/h6-7,10-11,19H,8-9H2,1-5H3;(H,6,7). The number of ether oxygens (including phenoxy) is 3. The van der Waals surface area contributed by atoms with Crippen molar-refractivity contribution in [3.8, 4) is 11.5 Å². The van der Waals surface area contributed by atoms with Crippen LogP contribution < -0.4 is 9.47 Å². The zero-order valence-electron chi connectivity index (χ0n) is 17.8. The summed E-state index contributed by atoms with van der Waals surface area (Å²) in [6.45, 7) is 8.44. The Labute approximate surface area is 176 Å². The summed E-state index contributed by atoms with van der Waals surface area (Å²) in [4.78, 5) is 26.4. The summed E-state index contributed by atoms with van der Waals surface area (Å²) in [6, 6.07) is 3.72. The zero-order chi connectivity index (χ0) is 23.6. The fraction of sp³-hybridized carbons (Fsp3) is 0.500. The molecule has 0 saturated carbocycles. The van der Waals surface area contributed by atoms with Crippen molar-refractivity contribution >= 4 is 23.0 Å². The van der Waals surface area contributed by atoms with E-state index in [1.807, 2.05) is 46.0 Å². The monoisotopic (exact) mass is 446 g/mol. The quantitative estimate of drug-likeness (QED) is 0.669. The highest BCUT2D eigenvalue weighted by Crippen LogP contribution is 2.44. The fourth-order valence-electron chi connectivity index (χ4n) is 3.07. The van der Waals surface area contributed by atoms with Crippen molar-refractivity contribution < 1.29 is 42.1 Å². The van der Waals surface area contributed by atoms with Gasteiger partial charge in [-0.1, -0.05) is 0 Å². The van der Waals surface area contributed by atoms with Gasteiger partial charge in [-0.05, 0) is 33.8 Å². The summed E-state index contributed by atoms with van der Waals surface area (Å²) in [6.07, 6.45) is -3.54. The summed E-state index contributed by atoms with van der Waals surface area (Å²) in [5.41, 5.74) is 1.35. The van der Waals surface area contributed by atoms with Gasteiger partial charge >= 0.3 is 18.2 Å². The van der Waals surface area contributed by atoms with Crippen molar-refractivity contribution in [1.82, 2.24) is 9.88 Å². The third-order valence-corrected chi connectivity index (χ3v) is 4.37. The van der Waals surface area contributed by atoms with E-state index in [9.17, 15) is 18.0 Å². The first-order valence-electron chi connectivity index (χ1n) is 9.36. The summed E-state index contributed by atoms with van der Waals surface area (Å²) in [7, 11) is 1.62. The van der Waals surface area contributed by atoms with E-state index < -0.39 is 17.7 Å². The molecule has 172 valence electrons. The molecule has 1 aromatic heterocycles. The highest BCUT2D eigenvalue weighted by molar-refractivity contribution is 5.89. The Morgan fingerprint density at radius 2 is 1.90 bits per heavy atom. The predicted octanol–water partition coefficient (Wildman–Crippen LogP) is 4.50. The smallest absolute Gasteiger partial charge is 0.490 e. The lowest BCUT2D eigenvalue weighted by Crippen LogP contribution is -2.39. The molecule has 1 unspecified atom stereocenters. The average molecular weight is 446 g/mol. The number of aliphatic carboxylic acids is 1. The van der Waals surface area contributed by atoms with Crippen LogP contribution in [-0.2, 0) is 9.53 Å². The van der Waals surface area contributed by atoms with Crippen molar-refractivity contribution in [3.05, 3.63) is 23.9 Å². The van der Waals surface area contributed by atoms with E-state index in [0.29, 0.717) is 24.7 Å². The Balaban J connectivity index is 0.000000423. The van der Waals surface area contributed by atoms with Gasteiger partial charge in [0, 0.05) is 28.7 Å². The van der Waals surface area contributed by atoms with Crippen LogP contribution in [-0.4, -0.2) is 59.1 Å². The number of carbonyl (C=O) groups excluding carboxylic acids is 1. The average Bonchev–Trinajstić information content (AvgIpc) is 3.02. The number of aromatic amines is 1. The number of rotatable bonds is 1. The third kappa shape index (κ3) is 5.74. The minimum atomic E-state index is -5.08. The summed E-state index contributed by atoms with van der Waals surface area (Å²) >= 11 is 0. The van der Waals surface area contributed by atoms with E-state index >= 15 is 0 Å². The molecule has 0 radical (unpaired) electrons. The lowest BCUT2D eigenvalue weighted by Gasteiger charge is -2.30. The maximum atomic E-state index is 12.6. The molecular weight excluding hydrogens is 421 g/mol. The van der Waals surface area contributed by atoms with Crippen molar-refractivity contribution in [1.29, 1.82) is 0 Å². The van der Waals surface area contributed by atoms with Gasteiger partial charge in [0.1, 0.15) is 12.2 Å². The van der Waals surface area contributed by atoms with E-state index in [1.54, 1.807) is 12.0 Å². The first kappa shape index (κ1) is 24.2. The van der Waals surface area contributed by atoms with Crippen LogP contribution in [0.3, 0.4) is 0 Å². The van der Waals surface area contributed by atoms with Gasteiger partial charge in [0.05, 0.1) is 19.7 Å². The van der Waals surface area contributed by atoms with Crippen LogP contribution >= 0.6 is 0 Å². The van der Waals surface area contributed by atoms with Crippen molar-refractivity contribution in [3.63, 3.8) is 0 Å². The molecule has 3 rings (SSSR count). The first-order valence-corrected chi connectivity index (χ1v) is 9.36. The summed E-state index contributed by atoms with van der Waals surface area (Å²) in [5, 5.41) is 8.15. The minimum absolute atomic E-state index is 0.189. The summed E-state index contributed by atoms with van der Waals surface area (Å²) < 4.78 is 48.7. The van der Waals surface area contributed by atoms with Gasteiger partial charge in [-0.2, -0.15) is 13.2 Å². The number of alkyl halides is 3. The number of hydrogen-bond acceptors (Lipinski definition) is 5. The van der Waals surface area contributed by atoms with Crippen LogP contribution in [0.15, 0.2) is 18.3 Å². The molecule has 2 aromatic rings. The van der Waals surface area contributed by atoms with Crippen LogP contribution in [0.1, 0.15) is 39.3 Å². The number of nitrogens with one attached hydrogen (secondary N) is 1. The lowest BCUT2D eigenvalue weighted by molar-refractivity contribution is -0.192. The number of methoxy groups -OCH3 is 1. The van der Waals surface area contributed by atoms with Crippen LogP contribution in [0.5, 0.6) is 11.5 Å². The van der Waals surface area contributed by atoms with E-state index in [2.05, 4.69) is 4.98 Å². The maximum Gasteiger partial charge on any atom is 0.490 e. The van der Waals surface area contributed by atoms with Gasteiger partial charge in [0.25, 0.3) is 0 Å². The lowest BCUT2D eigenvalue weighted by atomic mass is 10.0. The number of nitrogens with zero attached hydrogens (tertiary/aromatic N) is 1. The van der Waals surface area contributed by atoms with Crippen LogP contribution in [0, 0.1) is 0 Å². The second-order valence-corrected chi connectivity index (χ2v) is 7.76. The Morgan fingerprint density at radius 3 is 2.42 bits per heavy atom. The first-order chi connectivity index (χ1) is 14.3. The molecule has 0 saturated heterocycles. The number of halogens is 3. The molecule has 0 fully saturated rings. The van der Waals surface area contributed by atoms with Gasteiger partial charge in [0.2, 0.25) is 0 Å². The van der Waals surface area contributed by atoms with Crippen molar-refractivity contribution in [2.24, 2.45) is 0 Å². The molecule has 0 bridgehead atoms. The molecular formula is C20H25F3N2O6. The van der Waals surface area contributed by atoms with Gasteiger partial charge in [0.15, 0.2) is 11.5 Å². The molecule has 2 N–H and O–H groups in total. The third-order valence-electron chi connectivity index (χ3n) is 4.37. The Morgan fingerprint density at radius 1 is 1.29 bits per heavy atom. The SMILES string of the molecule is COc1cc2[nH]ccc2c2c1OCCN(C(=O)OC(C)(C)C)C2C.O=C(O)C(F)(F)F. The molecule has 11 heteroatoms. The molecule has 1 atom stereocenters. The number of carbonyl (C=O) groups is 2. The second kappa shape index (κ2) is 8.94. The fourth-order valence-corrected chi connectivity index (χ4v) is 3.07. The molecule has 8 nitrogen and oxygen atoms in total. The van der Waals surface area contributed by atoms with Crippen molar-refractivity contribution in [2.45, 2.75) is 45.5 Å². The molecule has 2 heterocycles. The van der Waals surface area contributed by atoms with Crippen LogP contribution in [0.2, 0.25) is 0 Å². The predicted molar refractivity (Wildman–Crippen MR) is 105 cm³/mol. The topological polar surface area (TPSA) is 101 Å². The molecule has 31 heavy (non-hydrogen) atoms. The number of amides is 1. The number of carboxylic acids is 1. The minimum Gasteiger partial charge on any atom is -0.493 e. The molecule has 0 spiro atoms. The zero-order valence-corrected chi connectivity index (χ0v) is 17.8. The maximum absolute atomic E-state index is 12.6. The van der Waals surface area contributed by atoms with Gasteiger partial charge in [-0.25, -0.2) is 9.59 Å². The van der Waals surface area contributed by atoms with E-state index in [1.165, 1.54) is 0 Å². The Bertz CT molecular complexity index is 949. The van der Waals surface area contributed by atoms with E-state index in [0.717, 1.165) is 16.5 Å². The van der Waals surface area contributed by atoms with Crippen LogP contribution in [0.4, 0.5) is 18.0 Å². The summed E-state index contributed by atoms with van der Waals surface area (Å²) in [5.74, 6) is -1.39. The number of benzene rings is 1. The van der Waals surface area contributed by atoms with E-state index in [4.69, 9.17) is 24.1 Å². The number of aromatic nitrogens is 1. The molecule has 0 aliphatic carbocycles. The van der Waals surface area contributed by atoms with Gasteiger partial charge < -0.3 is 24.3 Å². The van der Waals surface area contributed by atoms with Crippen molar-refractivity contribution in [2.75, 3.05) is 20.3 Å². The normalized spacial score (nSPS) is 16.4. The van der Waals surface area contributed by atoms with E-state index in [-0.39, 0.29) is 12.1 Å². The largest absolute Gasteiger partial charge is 0.493 e. The number of hydrogen-bond donors (Lipinski definition) is 2. The highest BCUT2D eigenvalue weighted by atomic mass is 19.4. The second-order valence-electron chi connectivity index (χ2n) is 7.76. The van der Waals surface area contributed by atoms with Gasteiger partial charge in [-0.3, -0.25) is 4.90 Å². The Hall–Kier alpha value is -3.11. The number of carboxylic acid groups (broad SMARTS) is 1. The number of H-pyrrole nitrogens is 1. The molecule has 1 amide bonds. The van der Waals surface area contributed by atoms with Crippen LogP contribution in [0.25, 0.3) is 10.9 Å². The highest BCUT2D eigenvalue weighted by Gasteiger charge is 2.38. The van der Waals surface area contributed by atoms with Gasteiger partial charge in [-0.15, -0.1) is 0 Å².